The summed E-state index contributed by atoms with van der Waals surface area (Å²) in [5.41, 5.74) is 1.46. The number of aryl methyl sites for hydroxylation is 1. The second kappa shape index (κ2) is 6.16. The smallest absolute Gasteiger partial charge is 0.231 e. The van der Waals surface area contributed by atoms with Crippen molar-refractivity contribution in [1.82, 2.24) is 9.88 Å². The van der Waals surface area contributed by atoms with Crippen molar-refractivity contribution in [3.8, 4) is 23.0 Å². The quantitative estimate of drug-likeness (QED) is 0.854. The number of morpholine rings is 1. The average Bonchev–Trinajstić information content (AvgIpc) is 3.22. The Balaban J connectivity index is 1.53. The van der Waals surface area contributed by atoms with E-state index >= 15 is 0 Å². The molecule has 1 saturated heterocycles. The third kappa shape index (κ3) is 2.82. The first-order valence-corrected chi connectivity index (χ1v) is 7.92. The van der Waals surface area contributed by atoms with E-state index in [2.05, 4.69) is 4.98 Å². The van der Waals surface area contributed by atoms with Gasteiger partial charge >= 0.3 is 0 Å². The molecule has 4 rings (SSSR count). The first-order valence-electron chi connectivity index (χ1n) is 7.92. The summed E-state index contributed by atoms with van der Waals surface area (Å²) in [6.45, 7) is 4.49. The van der Waals surface area contributed by atoms with Gasteiger partial charge in [0.1, 0.15) is 5.76 Å². The Labute approximate surface area is 139 Å². The van der Waals surface area contributed by atoms with E-state index in [1.807, 2.05) is 25.1 Å². The Morgan fingerprint density at radius 3 is 2.83 bits per heavy atom. The van der Waals surface area contributed by atoms with Crippen molar-refractivity contribution >= 4 is 5.91 Å². The SMILES string of the molecule is Cc1oc(-c2ccc3c(c2)OCO3)nc1CC(=O)N1CCOCC1. The van der Waals surface area contributed by atoms with E-state index in [0.29, 0.717) is 55.1 Å². The van der Waals surface area contributed by atoms with E-state index in [1.165, 1.54) is 0 Å². The monoisotopic (exact) mass is 330 g/mol. The largest absolute Gasteiger partial charge is 0.454 e. The van der Waals surface area contributed by atoms with E-state index in [-0.39, 0.29) is 19.1 Å². The zero-order valence-electron chi connectivity index (χ0n) is 13.4. The molecule has 1 fully saturated rings. The van der Waals surface area contributed by atoms with Crippen molar-refractivity contribution in [2.24, 2.45) is 0 Å². The van der Waals surface area contributed by atoms with Gasteiger partial charge in [0, 0.05) is 18.7 Å². The molecule has 0 aliphatic carbocycles. The van der Waals surface area contributed by atoms with E-state index < -0.39 is 0 Å². The molecule has 1 aromatic heterocycles. The van der Waals surface area contributed by atoms with Crippen LogP contribution in [0.5, 0.6) is 11.5 Å². The maximum atomic E-state index is 12.4. The van der Waals surface area contributed by atoms with Crippen LogP contribution in [-0.4, -0.2) is 48.9 Å². The summed E-state index contributed by atoms with van der Waals surface area (Å²) >= 11 is 0. The Bertz CT molecular complexity index is 764. The van der Waals surface area contributed by atoms with Crippen LogP contribution in [0.1, 0.15) is 11.5 Å². The summed E-state index contributed by atoms with van der Waals surface area (Å²) in [7, 11) is 0. The fourth-order valence-corrected chi connectivity index (χ4v) is 2.81. The van der Waals surface area contributed by atoms with Crippen LogP contribution in [0.25, 0.3) is 11.5 Å². The number of rotatable bonds is 3. The number of benzene rings is 1. The van der Waals surface area contributed by atoms with Crippen LogP contribution >= 0.6 is 0 Å². The molecule has 1 amide bonds. The fraction of sp³-hybridized carbons (Fsp3) is 0.412. The number of ether oxygens (including phenoxy) is 3. The van der Waals surface area contributed by atoms with Gasteiger partial charge in [-0.05, 0) is 25.1 Å². The maximum Gasteiger partial charge on any atom is 0.231 e. The van der Waals surface area contributed by atoms with Crippen LogP contribution in [0.4, 0.5) is 0 Å². The second-order valence-electron chi connectivity index (χ2n) is 5.76. The van der Waals surface area contributed by atoms with Crippen molar-refractivity contribution in [3.63, 3.8) is 0 Å². The van der Waals surface area contributed by atoms with Gasteiger partial charge in [0.05, 0.1) is 25.3 Å². The van der Waals surface area contributed by atoms with E-state index in [1.54, 1.807) is 4.90 Å². The number of hydrogen-bond acceptors (Lipinski definition) is 6. The Morgan fingerprint density at radius 1 is 1.21 bits per heavy atom. The molecule has 2 aromatic rings. The number of amides is 1. The minimum absolute atomic E-state index is 0.0481. The highest BCUT2D eigenvalue weighted by molar-refractivity contribution is 5.78. The molecular formula is C17H18N2O5. The van der Waals surface area contributed by atoms with Gasteiger partial charge in [0.2, 0.25) is 18.6 Å². The predicted octanol–water partition coefficient (Wildman–Crippen LogP) is 1.78. The zero-order chi connectivity index (χ0) is 16.5. The number of carbonyl (C=O) groups excluding carboxylic acids is 1. The van der Waals surface area contributed by atoms with Crippen molar-refractivity contribution in [1.29, 1.82) is 0 Å². The highest BCUT2D eigenvalue weighted by Gasteiger charge is 2.22. The summed E-state index contributed by atoms with van der Waals surface area (Å²) < 4.78 is 21.7. The third-order valence-electron chi connectivity index (χ3n) is 4.19. The standard InChI is InChI=1S/C17H18N2O5/c1-11-13(9-16(20)19-4-6-21-7-5-19)18-17(24-11)12-2-3-14-15(8-12)23-10-22-14/h2-3,8H,4-7,9-10H2,1H3. The van der Waals surface area contributed by atoms with Crippen molar-refractivity contribution in [2.75, 3.05) is 33.1 Å². The topological polar surface area (TPSA) is 74.0 Å². The summed E-state index contributed by atoms with van der Waals surface area (Å²) in [5, 5.41) is 0. The van der Waals surface area contributed by atoms with Crippen LogP contribution in [-0.2, 0) is 16.0 Å². The molecular weight excluding hydrogens is 312 g/mol. The third-order valence-corrected chi connectivity index (χ3v) is 4.19. The summed E-state index contributed by atoms with van der Waals surface area (Å²) in [5.74, 6) is 2.57. The first-order chi connectivity index (χ1) is 11.7. The van der Waals surface area contributed by atoms with Crippen LogP contribution in [0.2, 0.25) is 0 Å². The number of fused-ring (bicyclic) bond motifs is 1. The molecule has 7 nitrogen and oxygen atoms in total. The van der Waals surface area contributed by atoms with Crippen LogP contribution in [0.15, 0.2) is 22.6 Å². The number of nitrogens with zero attached hydrogens (tertiary/aromatic N) is 2. The van der Waals surface area contributed by atoms with Gasteiger partial charge < -0.3 is 23.5 Å². The minimum atomic E-state index is 0.0481. The Hall–Kier alpha value is -2.54. The summed E-state index contributed by atoms with van der Waals surface area (Å²) in [6.07, 6.45) is 0.236. The lowest BCUT2D eigenvalue weighted by molar-refractivity contribution is -0.134. The molecule has 0 unspecified atom stereocenters. The maximum absolute atomic E-state index is 12.4. The Morgan fingerprint density at radius 2 is 2.00 bits per heavy atom. The van der Waals surface area contributed by atoms with Crippen molar-refractivity contribution in [3.05, 3.63) is 29.7 Å². The molecule has 3 heterocycles. The summed E-state index contributed by atoms with van der Waals surface area (Å²) in [4.78, 5) is 18.7. The molecule has 126 valence electrons. The average molecular weight is 330 g/mol. The first kappa shape index (κ1) is 15.0. The molecule has 1 aromatic carbocycles. The van der Waals surface area contributed by atoms with Gasteiger partial charge in [-0.2, -0.15) is 0 Å². The molecule has 0 saturated carbocycles. The van der Waals surface area contributed by atoms with Gasteiger partial charge in [-0.1, -0.05) is 0 Å². The number of oxazole rings is 1. The van der Waals surface area contributed by atoms with Gasteiger partial charge in [-0.3, -0.25) is 4.79 Å². The van der Waals surface area contributed by atoms with Crippen LogP contribution < -0.4 is 9.47 Å². The van der Waals surface area contributed by atoms with Gasteiger partial charge in [-0.15, -0.1) is 0 Å². The van der Waals surface area contributed by atoms with Gasteiger partial charge in [-0.25, -0.2) is 4.98 Å². The molecule has 0 spiro atoms. The van der Waals surface area contributed by atoms with Crippen LogP contribution in [0.3, 0.4) is 0 Å². The molecule has 0 N–H and O–H groups in total. The highest BCUT2D eigenvalue weighted by atomic mass is 16.7. The minimum Gasteiger partial charge on any atom is -0.454 e. The zero-order valence-corrected chi connectivity index (χ0v) is 13.4. The molecule has 2 aliphatic rings. The molecule has 24 heavy (non-hydrogen) atoms. The van der Waals surface area contributed by atoms with Crippen molar-refractivity contribution in [2.45, 2.75) is 13.3 Å². The summed E-state index contributed by atoms with van der Waals surface area (Å²) in [6, 6.07) is 5.53. The lowest BCUT2D eigenvalue weighted by atomic mass is 10.2. The van der Waals surface area contributed by atoms with Crippen LogP contribution in [0, 0.1) is 6.92 Å². The molecule has 7 heteroatoms. The fourth-order valence-electron chi connectivity index (χ4n) is 2.81. The van der Waals surface area contributed by atoms with E-state index in [9.17, 15) is 4.79 Å². The lowest BCUT2D eigenvalue weighted by Gasteiger charge is -2.26. The lowest BCUT2D eigenvalue weighted by Crippen LogP contribution is -2.41. The molecule has 2 aliphatic heterocycles. The van der Waals surface area contributed by atoms with Gasteiger partial charge in [0.25, 0.3) is 0 Å². The second-order valence-corrected chi connectivity index (χ2v) is 5.76. The molecule has 0 bridgehead atoms. The predicted molar refractivity (Wildman–Crippen MR) is 83.9 cm³/mol. The van der Waals surface area contributed by atoms with E-state index in [4.69, 9.17) is 18.6 Å². The van der Waals surface area contributed by atoms with Crippen molar-refractivity contribution < 1.29 is 23.4 Å². The molecule has 0 radical (unpaired) electrons. The normalized spacial score (nSPS) is 16.5. The number of carbonyl (C=O) groups is 1. The van der Waals surface area contributed by atoms with Gasteiger partial charge in [0.15, 0.2) is 11.5 Å². The molecule has 0 atom stereocenters. The number of hydrogen-bond donors (Lipinski definition) is 0. The number of aromatic nitrogens is 1. The highest BCUT2D eigenvalue weighted by Crippen LogP contribution is 2.36. The Kier molecular flexibility index (Phi) is 3.86. The van der Waals surface area contributed by atoms with E-state index in [0.717, 1.165) is 5.56 Å².